The predicted molar refractivity (Wildman–Crippen MR) is 75.3 cm³/mol. The minimum atomic E-state index is 0.117. The number of ether oxygens (including phenoxy) is 1. The van der Waals surface area contributed by atoms with E-state index in [0.717, 1.165) is 24.5 Å². The normalized spacial score (nSPS) is 12.1. The molecule has 0 aliphatic rings. The minimum Gasteiger partial charge on any atom is -0.375 e. The third-order valence-corrected chi connectivity index (χ3v) is 2.37. The van der Waals surface area contributed by atoms with Crippen LogP contribution in [0, 0.1) is 5.92 Å². The lowest BCUT2D eigenvalue weighted by Gasteiger charge is -2.20. The molecule has 102 valence electrons. The molecule has 0 fully saturated rings. The monoisotopic (exact) mass is 250 g/mol. The molecule has 0 aromatic carbocycles. The van der Waals surface area contributed by atoms with Crippen molar-refractivity contribution in [2.24, 2.45) is 5.92 Å². The van der Waals surface area contributed by atoms with Crippen LogP contribution >= 0.6 is 0 Å². The SMILES string of the molecule is CC(C)COCc1cccc(CNC(C)(C)C)n1. The molecule has 3 heteroatoms. The summed E-state index contributed by atoms with van der Waals surface area (Å²) in [5, 5.41) is 3.44. The summed E-state index contributed by atoms with van der Waals surface area (Å²) in [6.07, 6.45) is 0. The van der Waals surface area contributed by atoms with Gasteiger partial charge in [0.15, 0.2) is 0 Å². The molecule has 0 amide bonds. The fourth-order valence-corrected chi connectivity index (χ4v) is 1.46. The van der Waals surface area contributed by atoms with Gasteiger partial charge in [0.05, 0.1) is 18.0 Å². The van der Waals surface area contributed by atoms with Gasteiger partial charge in [0.1, 0.15) is 0 Å². The van der Waals surface area contributed by atoms with Crippen LogP contribution < -0.4 is 5.32 Å². The van der Waals surface area contributed by atoms with Crippen LogP contribution in [0.5, 0.6) is 0 Å². The second-order valence-electron chi connectivity index (χ2n) is 6.13. The second-order valence-corrected chi connectivity index (χ2v) is 6.13. The van der Waals surface area contributed by atoms with Gasteiger partial charge in [-0.1, -0.05) is 19.9 Å². The maximum absolute atomic E-state index is 5.60. The standard InChI is InChI=1S/C15H26N2O/c1-12(2)10-18-11-14-8-6-7-13(17-14)9-16-15(3,4)5/h6-8,12,16H,9-11H2,1-5H3. The number of hydrogen-bond donors (Lipinski definition) is 1. The van der Waals surface area contributed by atoms with E-state index in [2.05, 4.69) is 44.9 Å². The van der Waals surface area contributed by atoms with E-state index >= 15 is 0 Å². The first-order valence-electron chi connectivity index (χ1n) is 6.64. The summed E-state index contributed by atoms with van der Waals surface area (Å²) >= 11 is 0. The van der Waals surface area contributed by atoms with Gasteiger partial charge >= 0.3 is 0 Å². The molecule has 0 saturated heterocycles. The first kappa shape index (κ1) is 15.1. The summed E-state index contributed by atoms with van der Waals surface area (Å²) in [6.45, 7) is 12.9. The highest BCUT2D eigenvalue weighted by atomic mass is 16.5. The lowest BCUT2D eigenvalue weighted by molar-refractivity contribution is 0.0947. The molecular weight excluding hydrogens is 224 g/mol. The van der Waals surface area contributed by atoms with Crippen molar-refractivity contribution in [2.45, 2.75) is 53.3 Å². The number of nitrogens with one attached hydrogen (secondary N) is 1. The average molecular weight is 250 g/mol. The Kier molecular flexibility index (Phi) is 5.76. The van der Waals surface area contributed by atoms with Gasteiger partial charge in [-0.25, -0.2) is 0 Å². The molecule has 1 rings (SSSR count). The van der Waals surface area contributed by atoms with Crippen LogP contribution in [0.1, 0.15) is 46.0 Å². The van der Waals surface area contributed by atoms with Crippen LogP contribution in [0.4, 0.5) is 0 Å². The fourth-order valence-electron chi connectivity index (χ4n) is 1.46. The Labute approximate surface area is 111 Å². The lowest BCUT2D eigenvalue weighted by atomic mass is 10.1. The molecule has 1 aromatic rings. The summed E-state index contributed by atoms with van der Waals surface area (Å²) in [4.78, 5) is 4.59. The number of rotatable bonds is 6. The molecule has 0 aliphatic carbocycles. The minimum absolute atomic E-state index is 0.117. The Balaban J connectivity index is 2.46. The van der Waals surface area contributed by atoms with E-state index in [1.807, 2.05) is 18.2 Å². The molecule has 0 spiro atoms. The van der Waals surface area contributed by atoms with Crippen molar-refractivity contribution in [3.63, 3.8) is 0 Å². The molecular formula is C15H26N2O. The van der Waals surface area contributed by atoms with Gasteiger partial charge in [-0.3, -0.25) is 4.98 Å². The Morgan fingerprint density at radius 3 is 2.50 bits per heavy atom. The van der Waals surface area contributed by atoms with Crippen LogP contribution in [0.2, 0.25) is 0 Å². The fraction of sp³-hybridized carbons (Fsp3) is 0.667. The maximum Gasteiger partial charge on any atom is 0.0888 e. The quantitative estimate of drug-likeness (QED) is 0.842. The van der Waals surface area contributed by atoms with E-state index in [1.165, 1.54) is 0 Å². The van der Waals surface area contributed by atoms with E-state index in [-0.39, 0.29) is 5.54 Å². The zero-order valence-corrected chi connectivity index (χ0v) is 12.3. The van der Waals surface area contributed by atoms with Gasteiger partial charge in [-0.2, -0.15) is 0 Å². The van der Waals surface area contributed by atoms with Crippen molar-refractivity contribution in [3.05, 3.63) is 29.6 Å². The van der Waals surface area contributed by atoms with E-state index < -0.39 is 0 Å². The largest absolute Gasteiger partial charge is 0.375 e. The number of pyridine rings is 1. The molecule has 0 atom stereocenters. The zero-order chi connectivity index (χ0) is 13.6. The van der Waals surface area contributed by atoms with E-state index in [4.69, 9.17) is 4.74 Å². The van der Waals surface area contributed by atoms with E-state index in [9.17, 15) is 0 Å². The topological polar surface area (TPSA) is 34.1 Å². The first-order chi connectivity index (χ1) is 8.37. The van der Waals surface area contributed by atoms with Crippen LogP contribution in [-0.4, -0.2) is 17.1 Å². The van der Waals surface area contributed by atoms with Crippen molar-refractivity contribution in [2.75, 3.05) is 6.61 Å². The van der Waals surface area contributed by atoms with Gasteiger partial charge in [0.25, 0.3) is 0 Å². The highest BCUT2D eigenvalue weighted by Crippen LogP contribution is 2.05. The molecule has 1 heterocycles. The van der Waals surface area contributed by atoms with Gasteiger partial charge in [-0.15, -0.1) is 0 Å². The average Bonchev–Trinajstić information content (AvgIpc) is 2.26. The van der Waals surface area contributed by atoms with Crippen LogP contribution in [0.3, 0.4) is 0 Å². The van der Waals surface area contributed by atoms with E-state index in [1.54, 1.807) is 0 Å². The number of nitrogens with zero attached hydrogens (tertiary/aromatic N) is 1. The summed E-state index contributed by atoms with van der Waals surface area (Å²) < 4.78 is 5.60. The third kappa shape index (κ3) is 6.72. The van der Waals surface area contributed by atoms with Crippen molar-refractivity contribution in [1.29, 1.82) is 0 Å². The zero-order valence-electron chi connectivity index (χ0n) is 12.3. The van der Waals surface area contributed by atoms with Crippen molar-refractivity contribution >= 4 is 0 Å². The highest BCUT2D eigenvalue weighted by Gasteiger charge is 2.09. The second kappa shape index (κ2) is 6.86. The molecule has 0 saturated carbocycles. The first-order valence-corrected chi connectivity index (χ1v) is 6.64. The predicted octanol–water partition coefficient (Wildman–Crippen LogP) is 3.14. The summed E-state index contributed by atoms with van der Waals surface area (Å²) in [5.74, 6) is 0.565. The molecule has 18 heavy (non-hydrogen) atoms. The summed E-state index contributed by atoms with van der Waals surface area (Å²) in [5.41, 5.74) is 2.19. The van der Waals surface area contributed by atoms with Crippen LogP contribution in [-0.2, 0) is 17.9 Å². The third-order valence-electron chi connectivity index (χ3n) is 2.37. The summed E-state index contributed by atoms with van der Waals surface area (Å²) in [7, 11) is 0. The van der Waals surface area contributed by atoms with Crippen molar-refractivity contribution < 1.29 is 4.74 Å². The Morgan fingerprint density at radius 1 is 1.22 bits per heavy atom. The van der Waals surface area contributed by atoms with Gasteiger partial charge in [0, 0.05) is 18.7 Å². The maximum atomic E-state index is 5.60. The number of aromatic nitrogens is 1. The Hall–Kier alpha value is -0.930. The van der Waals surface area contributed by atoms with Gasteiger partial charge in [-0.05, 0) is 38.8 Å². The van der Waals surface area contributed by atoms with Crippen molar-refractivity contribution in [3.8, 4) is 0 Å². The molecule has 0 radical (unpaired) electrons. The molecule has 1 aromatic heterocycles. The van der Waals surface area contributed by atoms with Crippen LogP contribution in [0.25, 0.3) is 0 Å². The van der Waals surface area contributed by atoms with Gasteiger partial charge < -0.3 is 10.1 Å². The smallest absolute Gasteiger partial charge is 0.0888 e. The Morgan fingerprint density at radius 2 is 1.89 bits per heavy atom. The lowest BCUT2D eigenvalue weighted by Crippen LogP contribution is -2.35. The summed E-state index contributed by atoms with van der Waals surface area (Å²) in [6, 6.07) is 6.10. The van der Waals surface area contributed by atoms with Crippen molar-refractivity contribution in [1.82, 2.24) is 10.3 Å². The van der Waals surface area contributed by atoms with Crippen LogP contribution in [0.15, 0.2) is 18.2 Å². The highest BCUT2D eigenvalue weighted by molar-refractivity contribution is 5.10. The molecule has 0 unspecified atom stereocenters. The molecule has 3 nitrogen and oxygen atoms in total. The molecule has 0 bridgehead atoms. The van der Waals surface area contributed by atoms with Gasteiger partial charge in [0.2, 0.25) is 0 Å². The Bertz CT molecular complexity index is 356. The molecule has 0 aliphatic heterocycles. The number of hydrogen-bond acceptors (Lipinski definition) is 3. The van der Waals surface area contributed by atoms with E-state index in [0.29, 0.717) is 12.5 Å². The molecule has 1 N–H and O–H groups in total.